The van der Waals surface area contributed by atoms with Gasteiger partial charge in [0, 0.05) is 11.5 Å². The number of carbonyl (C=O) groups excluding carboxylic acids is 2. The molecular formula is C31H49NO4. The molecule has 5 aliphatic carbocycles. The molecule has 0 aliphatic heterocycles. The number of ether oxygens (including phenoxy) is 1. The number of allylic oxidation sites excluding steroid dienone is 2. The highest BCUT2D eigenvalue weighted by Gasteiger charge is 2.70. The van der Waals surface area contributed by atoms with Crippen molar-refractivity contribution in [2.45, 2.75) is 118 Å². The van der Waals surface area contributed by atoms with Crippen LogP contribution in [0, 0.1) is 44.8 Å². The van der Waals surface area contributed by atoms with Crippen LogP contribution in [0.3, 0.4) is 0 Å². The standard InChI is InChI=1S/C31H49NO4/c1-26(2)22-9-12-31(7)24(29(22,5)11-10-23(26)34)21(33)17-19-20-18-28(4,32-25(35)36-8)15-13-27(20,3)14-16-30(19,31)6/h17,20,22-24,34H,9-16,18H2,1-8H3,(H,32,35)/t20-,22+,23+,24-,27-,28+,29+,30-,31-/m1/s1. The van der Waals surface area contributed by atoms with Crippen molar-refractivity contribution in [1.29, 1.82) is 0 Å². The smallest absolute Gasteiger partial charge is 0.407 e. The van der Waals surface area contributed by atoms with Gasteiger partial charge in [0.05, 0.1) is 13.2 Å². The second-order valence-electron chi connectivity index (χ2n) is 15.2. The molecule has 5 nitrogen and oxygen atoms in total. The van der Waals surface area contributed by atoms with Gasteiger partial charge < -0.3 is 15.2 Å². The number of methoxy groups -OCH3 is 1. The molecule has 1 amide bonds. The van der Waals surface area contributed by atoms with Crippen molar-refractivity contribution in [3.8, 4) is 0 Å². The lowest BCUT2D eigenvalue weighted by molar-refractivity contribution is -0.201. The average molecular weight is 500 g/mol. The molecule has 0 unspecified atom stereocenters. The minimum absolute atomic E-state index is 0.00296. The van der Waals surface area contributed by atoms with Crippen LogP contribution in [0.25, 0.3) is 0 Å². The third kappa shape index (κ3) is 3.29. The molecule has 0 saturated heterocycles. The molecule has 4 fully saturated rings. The van der Waals surface area contributed by atoms with Gasteiger partial charge in [-0.05, 0) is 110 Å². The van der Waals surface area contributed by atoms with E-state index in [0.29, 0.717) is 11.7 Å². The molecular weight excluding hydrogens is 450 g/mol. The van der Waals surface area contributed by atoms with Crippen LogP contribution in [0.5, 0.6) is 0 Å². The lowest BCUT2D eigenvalue weighted by Crippen LogP contribution is -2.67. The summed E-state index contributed by atoms with van der Waals surface area (Å²) in [5.74, 6) is 0.952. The number of hydrogen-bond donors (Lipinski definition) is 2. The van der Waals surface area contributed by atoms with Crippen molar-refractivity contribution in [2.24, 2.45) is 44.8 Å². The van der Waals surface area contributed by atoms with Gasteiger partial charge in [0.1, 0.15) is 0 Å². The Bertz CT molecular complexity index is 1000. The number of aliphatic hydroxyl groups is 1. The number of alkyl carbamates (subject to hydrolysis) is 1. The second kappa shape index (κ2) is 7.83. The molecule has 0 bridgehead atoms. The number of carbonyl (C=O) groups is 2. The maximum Gasteiger partial charge on any atom is 0.407 e. The van der Waals surface area contributed by atoms with E-state index in [1.54, 1.807) is 0 Å². The predicted octanol–water partition coefficient (Wildman–Crippen LogP) is 6.44. The van der Waals surface area contributed by atoms with E-state index in [4.69, 9.17) is 4.74 Å². The first-order valence-electron chi connectivity index (χ1n) is 14.4. The first kappa shape index (κ1) is 26.3. The Morgan fingerprint density at radius 1 is 0.972 bits per heavy atom. The molecule has 9 atom stereocenters. The zero-order chi connectivity index (χ0) is 26.5. The summed E-state index contributed by atoms with van der Waals surface area (Å²) in [4.78, 5) is 26.5. The summed E-state index contributed by atoms with van der Waals surface area (Å²) in [5, 5.41) is 14.0. The van der Waals surface area contributed by atoms with Gasteiger partial charge in [0.2, 0.25) is 0 Å². The molecule has 202 valence electrons. The van der Waals surface area contributed by atoms with Crippen LogP contribution < -0.4 is 5.32 Å². The first-order chi connectivity index (χ1) is 16.6. The Kier molecular flexibility index (Phi) is 5.71. The molecule has 0 heterocycles. The molecule has 0 aromatic heterocycles. The van der Waals surface area contributed by atoms with Crippen LogP contribution in [0.15, 0.2) is 11.6 Å². The fourth-order valence-electron chi connectivity index (χ4n) is 10.6. The average Bonchev–Trinajstić information content (AvgIpc) is 2.79. The lowest BCUT2D eigenvalue weighted by atomic mass is 9.33. The number of hydrogen-bond acceptors (Lipinski definition) is 4. The van der Waals surface area contributed by atoms with Crippen molar-refractivity contribution in [3.63, 3.8) is 0 Å². The highest BCUT2D eigenvalue weighted by atomic mass is 16.5. The van der Waals surface area contributed by atoms with Crippen LogP contribution in [0.4, 0.5) is 4.79 Å². The van der Waals surface area contributed by atoms with Crippen molar-refractivity contribution >= 4 is 11.9 Å². The molecule has 0 spiro atoms. The summed E-state index contributed by atoms with van der Waals surface area (Å²) in [6, 6.07) is 0. The van der Waals surface area contributed by atoms with Gasteiger partial charge in [-0.1, -0.05) is 47.1 Å². The zero-order valence-corrected chi connectivity index (χ0v) is 23.9. The maximum atomic E-state index is 14.3. The Morgan fingerprint density at radius 2 is 1.64 bits per heavy atom. The number of ketones is 1. The number of amides is 1. The lowest BCUT2D eigenvalue weighted by Gasteiger charge is -2.70. The maximum absolute atomic E-state index is 14.3. The van der Waals surface area contributed by atoms with Gasteiger partial charge in [0.25, 0.3) is 0 Å². The summed E-state index contributed by atoms with van der Waals surface area (Å²) in [6.45, 7) is 16.3. The molecule has 0 radical (unpaired) electrons. The fraction of sp³-hybridized carbons (Fsp3) is 0.871. The van der Waals surface area contributed by atoms with Gasteiger partial charge in [-0.3, -0.25) is 4.79 Å². The number of rotatable bonds is 1. The summed E-state index contributed by atoms with van der Waals surface area (Å²) >= 11 is 0. The fourth-order valence-corrected chi connectivity index (χ4v) is 10.6. The van der Waals surface area contributed by atoms with Crippen LogP contribution >= 0.6 is 0 Å². The van der Waals surface area contributed by atoms with Crippen LogP contribution in [0.1, 0.15) is 106 Å². The minimum Gasteiger partial charge on any atom is -0.453 e. The Balaban J connectivity index is 1.58. The summed E-state index contributed by atoms with van der Waals surface area (Å²) in [7, 11) is 1.43. The molecule has 0 aromatic carbocycles. The van der Waals surface area contributed by atoms with Crippen LogP contribution in [0.2, 0.25) is 0 Å². The molecule has 2 N–H and O–H groups in total. The van der Waals surface area contributed by atoms with E-state index in [1.165, 1.54) is 19.1 Å². The minimum atomic E-state index is -0.367. The molecule has 36 heavy (non-hydrogen) atoms. The van der Waals surface area contributed by atoms with E-state index in [0.717, 1.165) is 51.4 Å². The zero-order valence-electron chi connectivity index (χ0n) is 23.9. The van der Waals surface area contributed by atoms with Crippen LogP contribution in [-0.4, -0.2) is 35.7 Å². The van der Waals surface area contributed by atoms with E-state index in [-0.39, 0.29) is 56.6 Å². The number of fused-ring (bicyclic) bond motifs is 7. The molecule has 0 aromatic rings. The van der Waals surface area contributed by atoms with Crippen molar-refractivity contribution in [2.75, 3.05) is 7.11 Å². The van der Waals surface area contributed by atoms with Crippen molar-refractivity contribution in [1.82, 2.24) is 5.32 Å². The SMILES string of the molecule is COC(=O)N[C@@]1(C)CC[C@]2(C)CC[C@]3(C)C(=CC(=O)[C@@H]4[C@@]5(C)CC[C@H](O)C(C)(C)[C@@H]5CC[C@]43C)[C@H]2C1. The highest BCUT2D eigenvalue weighted by molar-refractivity contribution is 5.95. The summed E-state index contributed by atoms with van der Waals surface area (Å²) in [5.41, 5.74) is 0.793. The Hall–Kier alpha value is -1.36. The van der Waals surface area contributed by atoms with Gasteiger partial charge in [0.15, 0.2) is 5.78 Å². The molecule has 5 aliphatic rings. The van der Waals surface area contributed by atoms with Crippen molar-refractivity contribution < 1.29 is 19.4 Å². The van der Waals surface area contributed by atoms with E-state index < -0.39 is 0 Å². The van der Waals surface area contributed by atoms with Gasteiger partial charge in [-0.25, -0.2) is 4.79 Å². The third-order valence-electron chi connectivity index (χ3n) is 13.1. The normalized spacial score (nSPS) is 51.6. The number of aliphatic hydroxyl groups excluding tert-OH is 1. The van der Waals surface area contributed by atoms with Crippen LogP contribution in [-0.2, 0) is 9.53 Å². The summed E-state index contributed by atoms with van der Waals surface area (Å²) < 4.78 is 4.96. The highest BCUT2D eigenvalue weighted by Crippen LogP contribution is 2.74. The Morgan fingerprint density at radius 3 is 2.31 bits per heavy atom. The van der Waals surface area contributed by atoms with E-state index in [1.807, 2.05) is 0 Å². The first-order valence-corrected chi connectivity index (χ1v) is 14.4. The monoisotopic (exact) mass is 499 g/mol. The second-order valence-corrected chi connectivity index (χ2v) is 15.2. The predicted molar refractivity (Wildman–Crippen MR) is 141 cm³/mol. The van der Waals surface area contributed by atoms with E-state index in [2.05, 4.69) is 59.9 Å². The third-order valence-corrected chi connectivity index (χ3v) is 13.1. The van der Waals surface area contributed by atoms with Gasteiger partial charge >= 0.3 is 6.09 Å². The molecule has 4 saturated carbocycles. The molecule has 5 heteroatoms. The van der Waals surface area contributed by atoms with E-state index in [9.17, 15) is 14.7 Å². The van der Waals surface area contributed by atoms with E-state index >= 15 is 0 Å². The number of nitrogens with one attached hydrogen (secondary N) is 1. The van der Waals surface area contributed by atoms with Gasteiger partial charge in [-0.15, -0.1) is 0 Å². The Labute approximate surface area is 218 Å². The largest absolute Gasteiger partial charge is 0.453 e. The quantitative estimate of drug-likeness (QED) is 0.435. The van der Waals surface area contributed by atoms with Gasteiger partial charge in [-0.2, -0.15) is 0 Å². The van der Waals surface area contributed by atoms with Crippen molar-refractivity contribution in [3.05, 3.63) is 11.6 Å². The molecule has 5 rings (SSSR count). The topological polar surface area (TPSA) is 75.6 Å². The summed E-state index contributed by atoms with van der Waals surface area (Å²) in [6.07, 6.45) is 10.4.